The van der Waals surface area contributed by atoms with Crippen LogP contribution in [0.3, 0.4) is 0 Å². The Morgan fingerprint density at radius 2 is 1.80 bits per heavy atom. The van der Waals surface area contributed by atoms with E-state index in [0.29, 0.717) is 31.6 Å². The summed E-state index contributed by atoms with van der Waals surface area (Å²) >= 11 is 0. The van der Waals surface area contributed by atoms with E-state index in [1.165, 1.54) is 6.07 Å². The second kappa shape index (κ2) is 10.1. The molecule has 1 aromatic heterocycles. The van der Waals surface area contributed by atoms with E-state index >= 15 is 0 Å². The highest BCUT2D eigenvalue weighted by molar-refractivity contribution is 7.88. The molecule has 0 aromatic carbocycles. The van der Waals surface area contributed by atoms with Crippen molar-refractivity contribution in [2.75, 3.05) is 12.8 Å². The lowest BCUT2D eigenvalue weighted by atomic mass is 9.85. The average molecular weight is 509 g/mol. The third kappa shape index (κ3) is 7.44. The van der Waals surface area contributed by atoms with E-state index in [9.17, 15) is 18.0 Å². The highest BCUT2D eigenvalue weighted by atomic mass is 32.2. The van der Waals surface area contributed by atoms with Gasteiger partial charge in [-0.15, -0.1) is 0 Å². The molecule has 3 N–H and O–H groups in total. The fraction of sp³-hybridized carbons (Fsp3) is 0.750. The molecule has 10 nitrogen and oxygen atoms in total. The standard InChI is InChI=1S/C24H40N6O4S/c1-23(2,3)22-25-12-10-16(27-22)20(31)26-17-11-13-30(21(17)32)19-9-8-15(28-24(4,5)6)14-18(19)29-35(7,33)34/h10,12,15,17-19,28-29H,8-9,11,13-14H2,1-7H3,(H,26,31)/t15-,17+,18-,19-/m1/s1. The number of nitrogens with one attached hydrogen (secondary N) is 3. The van der Waals surface area contributed by atoms with Crippen LogP contribution in [-0.4, -0.2) is 77.6 Å². The van der Waals surface area contributed by atoms with Crippen molar-refractivity contribution in [2.45, 2.75) is 102 Å². The van der Waals surface area contributed by atoms with Gasteiger partial charge in [-0.25, -0.2) is 23.1 Å². The maximum atomic E-state index is 13.3. The lowest BCUT2D eigenvalue weighted by Gasteiger charge is -2.43. The Bertz CT molecular complexity index is 1050. The molecule has 1 aliphatic carbocycles. The van der Waals surface area contributed by atoms with Gasteiger partial charge in [0.25, 0.3) is 5.91 Å². The van der Waals surface area contributed by atoms with Gasteiger partial charge in [0.1, 0.15) is 17.6 Å². The van der Waals surface area contributed by atoms with Gasteiger partial charge in [0.05, 0.1) is 6.26 Å². The first-order valence-electron chi connectivity index (χ1n) is 12.2. The first-order valence-corrected chi connectivity index (χ1v) is 14.1. The number of aromatic nitrogens is 2. The molecule has 0 radical (unpaired) electrons. The Balaban J connectivity index is 1.71. The van der Waals surface area contributed by atoms with Crippen LogP contribution in [0.15, 0.2) is 12.3 Å². The number of amides is 2. The number of rotatable bonds is 6. The predicted molar refractivity (Wildman–Crippen MR) is 134 cm³/mol. The van der Waals surface area contributed by atoms with Crippen molar-refractivity contribution in [2.24, 2.45) is 0 Å². The Morgan fingerprint density at radius 1 is 1.11 bits per heavy atom. The average Bonchev–Trinajstić information content (AvgIpc) is 3.05. The smallest absolute Gasteiger partial charge is 0.270 e. The largest absolute Gasteiger partial charge is 0.339 e. The molecule has 2 heterocycles. The van der Waals surface area contributed by atoms with Crippen molar-refractivity contribution in [3.63, 3.8) is 0 Å². The van der Waals surface area contributed by atoms with Crippen LogP contribution < -0.4 is 15.4 Å². The minimum absolute atomic E-state index is 0.0974. The van der Waals surface area contributed by atoms with Crippen molar-refractivity contribution in [3.05, 3.63) is 23.8 Å². The molecule has 0 bridgehead atoms. The van der Waals surface area contributed by atoms with Crippen molar-refractivity contribution in [3.8, 4) is 0 Å². The van der Waals surface area contributed by atoms with Crippen LogP contribution in [0.25, 0.3) is 0 Å². The second-order valence-corrected chi connectivity index (χ2v) is 13.6. The summed E-state index contributed by atoms with van der Waals surface area (Å²) in [5.74, 6) is -0.0437. The summed E-state index contributed by atoms with van der Waals surface area (Å²) in [6.45, 7) is 12.6. The van der Waals surface area contributed by atoms with Crippen molar-refractivity contribution >= 4 is 21.8 Å². The van der Waals surface area contributed by atoms with E-state index in [0.717, 1.165) is 12.7 Å². The highest BCUT2D eigenvalue weighted by Gasteiger charge is 2.43. The molecule has 1 saturated carbocycles. The number of hydrogen-bond acceptors (Lipinski definition) is 7. The first kappa shape index (κ1) is 27.5. The second-order valence-electron chi connectivity index (χ2n) is 11.8. The molecule has 1 aromatic rings. The van der Waals surface area contributed by atoms with Crippen LogP contribution in [0.2, 0.25) is 0 Å². The SMILES string of the molecule is CC(C)(C)N[C@@H]1CC[C@@H](N2CC[C@H](NC(=O)c3ccnc(C(C)(C)C)n3)C2=O)[C@H](NS(C)(=O)=O)C1. The highest BCUT2D eigenvalue weighted by Crippen LogP contribution is 2.29. The zero-order chi connectivity index (χ0) is 26.2. The number of carbonyl (C=O) groups is 2. The normalized spacial score (nSPS) is 26.1. The fourth-order valence-corrected chi connectivity index (χ4v) is 5.72. The summed E-state index contributed by atoms with van der Waals surface area (Å²) in [5, 5.41) is 6.38. The molecular formula is C24H40N6O4S. The summed E-state index contributed by atoms with van der Waals surface area (Å²) in [6.07, 6.45) is 5.26. The summed E-state index contributed by atoms with van der Waals surface area (Å²) < 4.78 is 26.9. The molecule has 2 amide bonds. The molecule has 11 heteroatoms. The van der Waals surface area contributed by atoms with Gasteiger partial charge in [-0.3, -0.25) is 9.59 Å². The van der Waals surface area contributed by atoms with Crippen molar-refractivity contribution < 1.29 is 18.0 Å². The Hall–Kier alpha value is -2.11. The molecule has 0 unspecified atom stereocenters. The number of nitrogens with zero attached hydrogens (tertiary/aromatic N) is 3. The van der Waals surface area contributed by atoms with Gasteiger partial charge in [-0.2, -0.15) is 0 Å². The topological polar surface area (TPSA) is 133 Å². The molecule has 0 spiro atoms. The molecule has 4 atom stereocenters. The molecule has 35 heavy (non-hydrogen) atoms. The Kier molecular flexibility index (Phi) is 7.93. The zero-order valence-corrected chi connectivity index (χ0v) is 22.7. The van der Waals surface area contributed by atoms with Gasteiger partial charge in [0.2, 0.25) is 15.9 Å². The summed E-state index contributed by atoms with van der Waals surface area (Å²) in [5.41, 5.74) is -0.181. The van der Waals surface area contributed by atoms with Crippen LogP contribution >= 0.6 is 0 Å². The van der Waals surface area contributed by atoms with Gasteiger partial charge in [-0.1, -0.05) is 20.8 Å². The van der Waals surface area contributed by atoms with Crippen molar-refractivity contribution in [1.82, 2.24) is 30.2 Å². The third-order valence-corrected chi connectivity index (χ3v) is 7.05. The van der Waals surface area contributed by atoms with E-state index in [-0.39, 0.29) is 34.6 Å². The summed E-state index contributed by atoms with van der Waals surface area (Å²) in [4.78, 5) is 36.5. The van der Waals surface area contributed by atoms with Gasteiger partial charge in [-0.05, 0) is 52.5 Å². The number of sulfonamides is 1. The Morgan fingerprint density at radius 3 is 2.40 bits per heavy atom. The molecule has 3 rings (SSSR count). The lowest BCUT2D eigenvalue weighted by Crippen LogP contribution is -2.59. The molecule has 1 saturated heterocycles. The molecule has 2 aliphatic rings. The minimum Gasteiger partial charge on any atom is -0.339 e. The number of carbonyl (C=O) groups excluding carboxylic acids is 2. The molecule has 1 aliphatic heterocycles. The zero-order valence-electron chi connectivity index (χ0n) is 21.9. The number of hydrogen-bond donors (Lipinski definition) is 3. The van der Waals surface area contributed by atoms with Crippen molar-refractivity contribution in [1.29, 1.82) is 0 Å². The van der Waals surface area contributed by atoms with Crippen LogP contribution in [0.4, 0.5) is 0 Å². The monoisotopic (exact) mass is 508 g/mol. The van der Waals surface area contributed by atoms with Crippen LogP contribution in [0.5, 0.6) is 0 Å². The first-order chi connectivity index (χ1) is 16.0. The van der Waals surface area contributed by atoms with E-state index in [1.807, 2.05) is 20.8 Å². The van der Waals surface area contributed by atoms with Gasteiger partial charge in [0.15, 0.2) is 0 Å². The molecular weight excluding hydrogens is 468 g/mol. The van der Waals surface area contributed by atoms with E-state index in [1.54, 1.807) is 11.1 Å². The summed E-state index contributed by atoms with van der Waals surface area (Å²) in [7, 11) is -3.46. The third-order valence-electron chi connectivity index (χ3n) is 6.32. The van der Waals surface area contributed by atoms with Crippen LogP contribution in [0, 0.1) is 0 Å². The van der Waals surface area contributed by atoms with E-state index < -0.39 is 28.0 Å². The summed E-state index contributed by atoms with van der Waals surface area (Å²) in [6, 6.07) is 0.363. The van der Waals surface area contributed by atoms with E-state index in [2.05, 4.69) is 46.1 Å². The fourth-order valence-electron chi connectivity index (χ4n) is 4.92. The maximum Gasteiger partial charge on any atom is 0.270 e. The van der Waals surface area contributed by atoms with Gasteiger partial charge in [0, 0.05) is 41.8 Å². The predicted octanol–water partition coefficient (Wildman–Crippen LogP) is 1.33. The van der Waals surface area contributed by atoms with Crippen LogP contribution in [0.1, 0.15) is 83.5 Å². The van der Waals surface area contributed by atoms with Crippen LogP contribution in [-0.2, 0) is 20.2 Å². The van der Waals surface area contributed by atoms with Gasteiger partial charge >= 0.3 is 0 Å². The van der Waals surface area contributed by atoms with E-state index in [4.69, 9.17) is 0 Å². The minimum atomic E-state index is -3.46. The van der Waals surface area contributed by atoms with Gasteiger partial charge < -0.3 is 15.5 Å². The maximum absolute atomic E-state index is 13.3. The number of likely N-dealkylation sites (tertiary alicyclic amines) is 1. The quantitative estimate of drug-likeness (QED) is 0.528. The Labute approximate surface area is 209 Å². The lowest BCUT2D eigenvalue weighted by molar-refractivity contribution is -0.132. The molecule has 196 valence electrons. The molecule has 2 fully saturated rings.